The highest BCUT2D eigenvalue weighted by molar-refractivity contribution is 7.80. The molecule has 2 amide bonds. The largest absolute Gasteiger partial charge is 0.497 e. The van der Waals surface area contributed by atoms with Gasteiger partial charge in [0.05, 0.1) is 12.0 Å². The molecule has 1 heterocycles. The van der Waals surface area contributed by atoms with Gasteiger partial charge in [0.15, 0.2) is 5.11 Å². The van der Waals surface area contributed by atoms with Crippen molar-refractivity contribution in [2.24, 2.45) is 0 Å². The molecule has 28 heavy (non-hydrogen) atoms. The maximum Gasteiger partial charge on any atom is 0.265 e. The van der Waals surface area contributed by atoms with Crippen LogP contribution in [-0.2, 0) is 0 Å². The van der Waals surface area contributed by atoms with E-state index in [1.165, 1.54) is 18.4 Å². The molecule has 0 fully saturated rings. The number of amides is 2. The van der Waals surface area contributed by atoms with Gasteiger partial charge < -0.3 is 15.4 Å². The molecule has 8 heteroatoms. The second kappa shape index (κ2) is 9.12. The zero-order valence-corrected chi connectivity index (χ0v) is 16.5. The van der Waals surface area contributed by atoms with Crippen LogP contribution in [0.3, 0.4) is 0 Å². The summed E-state index contributed by atoms with van der Waals surface area (Å²) >= 11 is 6.57. The highest BCUT2D eigenvalue weighted by Crippen LogP contribution is 2.17. The summed E-state index contributed by atoms with van der Waals surface area (Å²) in [5, 5.41) is 10.4. The molecule has 0 bridgehead atoms. The van der Waals surface area contributed by atoms with Crippen molar-refractivity contribution in [3.63, 3.8) is 0 Å². The van der Waals surface area contributed by atoms with Crippen LogP contribution in [0.4, 0.5) is 11.4 Å². The van der Waals surface area contributed by atoms with Crippen LogP contribution in [0.15, 0.2) is 66.0 Å². The van der Waals surface area contributed by atoms with E-state index in [1.807, 2.05) is 11.4 Å². The summed E-state index contributed by atoms with van der Waals surface area (Å²) in [4.78, 5) is 24.9. The van der Waals surface area contributed by atoms with Crippen LogP contribution < -0.4 is 20.7 Å². The maximum atomic E-state index is 12.3. The number of ether oxygens (including phenoxy) is 1. The van der Waals surface area contributed by atoms with Gasteiger partial charge in [-0.3, -0.25) is 14.9 Å². The van der Waals surface area contributed by atoms with E-state index in [0.717, 1.165) is 0 Å². The average Bonchev–Trinajstić information content (AvgIpc) is 3.24. The van der Waals surface area contributed by atoms with Crippen LogP contribution in [0.25, 0.3) is 0 Å². The minimum atomic E-state index is -0.337. The van der Waals surface area contributed by atoms with Crippen molar-refractivity contribution in [1.82, 2.24) is 5.32 Å². The summed E-state index contributed by atoms with van der Waals surface area (Å²) in [5.74, 6) is 0.0970. The first-order valence-electron chi connectivity index (χ1n) is 8.26. The first-order valence-corrected chi connectivity index (χ1v) is 9.55. The highest BCUT2D eigenvalue weighted by atomic mass is 32.1. The van der Waals surface area contributed by atoms with E-state index in [2.05, 4.69) is 16.0 Å². The number of thiophene rings is 1. The predicted molar refractivity (Wildman–Crippen MR) is 115 cm³/mol. The number of carbonyl (C=O) groups is 2. The average molecular weight is 412 g/mol. The van der Waals surface area contributed by atoms with E-state index >= 15 is 0 Å². The van der Waals surface area contributed by atoms with Gasteiger partial charge in [0.1, 0.15) is 5.75 Å². The summed E-state index contributed by atoms with van der Waals surface area (Å²) in [6.45, 7) is 0. The molecule has 2 aromatic carbocycles. The van der Waals surface area contributed by atoms with Crippen molar-refractivity contribution < 1.29 is 14.3 Å². The van der Waals surface area contributed by atoms with E-state index in [-0.39, 0.29) is 16.9 Å². The molecule has 3 N–H and O–H groups in total. The summed E-state index contributed by atoms with van der Waals surface area (Å²) in [7, 11) is 1.54. The molecule has 0 radical (unpaired) electrons. The third-order valence-corrected chi connectivity index (χ3v) is 4.78. The van der Waals surface area contributed by atoms with Crippen LogP contribution >= 0.6 is 23.6 Å². The van der Waals surface area contributed by atoms with Gasteiger partial charge in [0.2, 0.25) is 0 Å². The normalized spacial score (nSPS) is 10.0. The van der Waals surface area contributed by atoms with Gasteiger partial charge in [-0.1, -0.05) is 12.1 Å². The number of hydrogen-bond donors (Lipinski definition) is 3. The lowest BCUT2D eigenvalue weighted by atomic mass is 10.2. The molecule has 0 saturated heterocycles. The van der Waals surface area contributed by atoms with Crippen molar-refractivity contribution in [2.75, 3.05) is 17.7 Å². The smallest absolute Gasteiger partial charge is 0.265 e. The lowest BCUT2D eigenvalue weighted by molar-refractivity contribution is 0.0976. The number of thiocarbonyl (C=S) groups is 1. The molecule has 6 nitrogen and oxygen atoms in total. The number of methoxy groups -OCH3 is 1. The summed E-state index contributed by atoms with van der Waals surface area (Å²) in [6, 6.07) is 17.4. The number of nitrogens with one attached hydrogen (secondary N) is 3. The minimum Gasteiger partial charge on any atom is -0.497 e. The third kappa shape index (κ3) is 5.15. The van der Waals surface area contributed by atoms with Gasteiger partial charge >= 0.3 is 0 Å². The number of carbonyl (C=O) groups excluding carboxylic acids is 2. The van der Waals surface area contributed by atoms with E-state index < -0.39 is 0 Å². The van der Waals surface area contributed by atoms with Gasteiger partial charge in [-0.05, 0) is 66.1 Å². The molecule has 0 aliphatic rings. The Morgan fingerprint density at radius 2 is 1.64 bits per heavy atom. The fourth-order valence-electron chi connectivity index (χ4n) is 2.34. The molecule has 1 aromatic heterocycles. The molecule has 0 unspecified atom stereocenters. The molecule has 3 aromatic rings. The summed E-state index contributed by atoms with van der Waals surface area (Å²) < 4.78 is 5.11. The fourth-order valence-corrected chi connectivity index (χ4v) is 3.17. The number of benzene rings is 2. The van der Waals surface area contributed by atoms with Crippen molar-refractivity contribution in [3.05, 3.63) is 76.5 Å². The van der Waals surface area contributed by atoms with E-state index in [4.69, 9.17) is 17.0 Å². The molecular weight excluding hydrogens is 394 g/mol. The second-order valence-electron chi connectivity index (χ2n) is 5.65. The Morgan fingerprint density at radius 1 is 0.929 bits per heavy atom. The molecule has 0 aliphatic carbocycles. The van der Waals surface area contributed by atoms with Crippen molar-refractivity contribution >= 4 is 51.9 Å². The van der Waals surface area contributed by atoms with Gasteiger partial charge in [0, 0.05) is 16.9 Å². The molecular formula is C20H17N3O3S2. The molecule has 0 spiro atoms. The summed E-state index contributed by atoms with van der Waals surface area (Å²) in [6.07, 6.45) is 0. The maximum absolute atomic E-state index is 12.3. The van der Waals surface area contributed by atoms with Gasteiger partial charge in [-0.2, -0.15) is 0 Å². The Labute approximate surface area is 171 Å². The Hall–Kier alpha value is -3.23. The van der Waals surface area contributed by atoms with Crippen LogP contribution in [0.2, 0.25) is 0 Å². The monoisotopic (exact) mass is 411 g/mol. The lowest BCUT2D eigenvalue weighted by Gasteiger charge is -2.11. The van der Waals surface area contributed by atoms with Crippen molar-refractivity contribution in [1.29, 1.82) is 0 Å². The van der Waals surface area contributed by atoms with Crippen molar-refractivity contribution in [2.45, 2.75) is 0 Å². The van der Waals surface area contributed by atoms with Gasteiger partial charge in [-0.15, -0.1) is 11.3 Å². The Morgan fingerprint density at radius 3 is 2.29 bits per heavy atom. The van der Waals surface area contributed by atoms with Gasteiger partial charge in [-0.25, -0.2) is 0 Å². The van der Waals surface area contributed by atoms with Gasteiger partial charge in [0.25, 0.3) is 11.8 Å². The number of rotatable bonds is 5. The van der Waals surface area contributed by atoms with Crippen molar-refractivity contribution in [3.8, 4) is 5.75 Å². The van der Waals surface area contributed by atoms with E-state index in [0.29, 0.717) is 27.6 Å². The quantitative estimate of drug-likeness (QED) is 0.550. The highest BCUT2D eigenvalue weighted by Gasteiger charge is 2.10. The topological polar surface area (TPSA) is 79.5 Å². The van der Waals surface area contributed by atoms with Crippen LogP contribution in [-0.4, -0.2) is 24.0 Å². The summed E-state index contributed by atoms with van der Waals surface area (Å²) in [5.41, 5.74) is 1.79. The predicted octanol–water partition coefficient (Wildman–Crippen LogP) is 4.14. The van der Waals surface area contributed by atoms with E-state index in [9.17, 15) is 9.59 Å². The SMILES string of the molecule is COc1cccc(C(=O)NC(=S)Nc2ccc(NC(=O)c3cccs3)cc2)c1. The Kier molecular flexibility index (Phi) is 6.36. The van der Waals surface area contributed by atoms with Crippen LogP contribution in [0.1, 0.15) is 20.0 Å². The third-order valence-electron chi connectivity index (χ3n) is 3.70. The first-order chi connectivity index (χ1) is 13.5. The Bertz CT molecular complexity index is 986. The minimum absolute atomic E-state index is 0.156. The Balaban J connectivity index is 1.55. The zero-order chi connectivity index (χ0) is 19.9. The zero-order valence-electron chi connectivity index (χ0n) is 14.9. The van der Waals surface area contributed by atoms with Crippen LogP contribution in [0, 0.1) is 0 Å². The lowest BCUT2D eigenvalue weighted by Crippen LogP contribution is -2.34. The molecule has 3 rings (SSSR count). The standard InChI is InChI=1S/C20H17N3O3S2/c1-26-16-5-2-4-13(12-16)18(24)23-20(27)22-15-9-7-14(8-10-15)21-19(25)17-6-3-11-28-17/h2-12H,1H3,(H,21,25)(H2,22,23,24,27). The molecule has 142 valence electrons. The molecule has 0 aliphatic heterocycles. The number of anilines is 2. The van der Waals surface area contributed by atoms with Crippen LogP contribution in [0.5, 0.6) is 5.75 Å². The van der Waals surface area contributed by atoms with E-state index in [1.54, 1.807) is 54.6 Å². The fraction of sp³-hybridized carbons (Fsp3) is 0.0500. The molecule has 0 saturated carbocycles. The second-order valence-corrected chi connectivity index (χ2v) is 7.00. The first kappa shape index (κ1) is 19.5. The molecule has 0 atom stereocenters. The number of hydrogen-bond acceptors (Lipinski definition) is 5.